The molecule has 4 nitrogen and oxygen atoms in total. The Morgan fingerprint density at radius 1 is 1.58 bits per heavy atom. The number of hydrogen-bond acceptors (Lipinski definition) is 3. The smallest absolute Gasteiger partial charge is 0.236 e. The van der Waals surface area contributed by atoms with Crippen LogP contribution in [0.3, 0.4) is 0 Å². The highest BCUT2D eigenvalue weighted by Crippen LogP contribution is 2.18. The number of carbonyl (C=O) groups excluding carboxylic acids is 1. The van der Waals surface area contributed by atoms with E-state index in [2.05, 4.69) is 11.2 Å². The van der Waals surface area contributed by atoms with Crippen LogP contribution in [-0.4, -0.2) is 38.1 Å². The zero-order valence-electron chi connectivity index (χ0n) is 11.1. The Morgan fingerprint density at radius 2 is 2.32 bits per heavy atom. The Kier molecular flexibility index (Phi) is 5.83. The summed E-state index contributed by atoms with van der Waals surface area (Å²) in [4.78, 5) is 13.2. The monoisotopic (exact) mass is 264 g/mol. The van der Waals surface area contributed by atoms with Gasteiger partial charge in [-0.25, -0.2) is 4.39 Å². The van der Waals surface area contributed by atoms with Crippen LogP contribution in [0.4, 0.5) is 4.39 Å². The van der Waals surface area contributed by atoms with Gasteiger partial charge < -0.3 is 9.64 Å². The molecule has 5 heteroatoms. The van der Waals surface area contributed by atoms with E-state index in [0.29, 0.717) is 18.7 Å². The van der Waals surface area contributed by atoms with Gasteiger partial charge in [0.05, 0.1) is 20.2 Å². The highest BCUT2D eigenvalue weighted by molar-refractivity contribution is 5.78. The van der Waals surface area contributed by atoms with Gasteiger partial charge in [-0.3, -0.25) is 10.1 Å². The van der Waals surface area contributed by atoms with Gasteiger partial charge in [-0.1, -0.05) is 12.0 Å². The molecule has 0 aliphatic carbocycles. The van der Waals surface area contributed by atoms with E-state index in [1.54, 1.807) is 19.2 Å². The predicted molar refractivity (Wildman–Crippen MR) is 71.1 cm³/mol. The van der Waals surface area contributed by atoms with Crippen molar-refractivity contribution in [3.8, 4) is 18.1 Å². The van der Waals surface area contributed by atoms with Gasteiger partial charge in [0.25, 0.3) is 0 Å². The fourth-order valence-corrected chi connectivity index (χ4v) is 1.55. The Labute approximate surface area is 112 Å². The number of nitrogens with zero attached hydrogens (tertiary/aromatic N) is 1. The summed E-state index contributed by atoms with van der Waals surface area (Å²) < 4.78 is 18.3. The Morgan fingerprint density at radius 3 is 2.89 bits per heavy atom. The molecular formula is C14H17FN2O2. The van der Waals surface area contributed by atoms with E-state index < -0.39 is 5.82 Å². The number of rotatable bonds is 6. The first kappa shape index (κ1) is 15.0. The summed E-state index contributed by atoms with van der Waals surface area (Å²) in [6.45, 7) is 0.841. The number of nitrogens with one attached hydrogen (secondary N) is 1. The number of carbonyl (C=O) groups is 1. The molecule has 0 saturated heterocycles. The summed E-state index contributed by atoms with van der Waals surface area (Å²) >= 11 is 0. The van der Waals surface area contributed by atoms with Gasteiger partial charge in [0.15, 0.2) is 11.6 Å². The Hall–Kier alpha value is -2.06. The average molecular weight is 264 g/mol. The molecule has 0 saturated carbocycles. The average Bonchev–Trinajstić information content (AvgIpc) is 2.39. The molecule has 1 aromatic carbocycles. The lowest BCUT2D eigenvalue weighted by atomic mass is 10.2. The maximum absolute atomic E-state index is 13.5. The van der Waals surface area contributed by atoms with Crippen molar-refractivity contribution in [1.29, 1.82) is 0 Å². The Bertz CT molecular complexity index is 483. The number of terminal acetylenes is 1. The SMILES string of the molecule is C#CCNCC(=O)N(C)Cc1ccc(OC)c(F)c1. The van der Waals surface area contributed by atoms with Crippen LogP contribution in [0.1, 0.15) is 5.56 Å². The fourth-order valence-electron chi connectivity index (χ4n) is 1.55. The van der Waals surface area contributed by atoms with Crippen molar-refractivity contribution in [3.63, 3.8) is 0 Å². The van der Waals surface area contributed by atoms with Gasteiger partial charge >= 0.3 is 0 Å². The molecule has 0 aliphatic heterocycles. The van der Waals surface area contributed by atoms with E-state index in [9.17, 15) is 9.18 Å². The van der Waals surface area contributed by atoms with Crippen LogP contribution < -0.4 is 10.1 Å². The summed E-state index contributed by atoms with van der Waals surface area (Å²) in [5.74, 6) is 2.03. The molecule has 0 atom stereocenters. The van der Waals surface area contributed by atoms with Crippen molar-refractivity contribution in [1.82, 2.24) is 10.2 Å². The van der Waals surface area contributed by atoms with E-state index in [1.807, 2.05) is 0 Å². The molecule has 0 unspecified atom stereocenters. The van der Waals surface area contributed by atoms with Crippen LogP contribution in [0, 0.1) is 18.2 Å². The molecule has 1 rings (SSSR count). The summed E-state index contributed by atoms with van der Waals surface area (Å²) in [6, 6.07) is 4.62. The third kappa shape index (κ3) is 4.60. The van der Waals surface area contributed by atoms with E-state index in [-0.39, 0.29) is 18.2 Å². The number of benzene rings is 1. The second-order valence-corrected chi connectivity index (χ2v) is 4.03. The minimum absolute atomic E-state index is 0.105. The maximum Gasteiger partial charge on any atom is 0.236 e. The lowest BCUT2D eigenvalue weighted by Gasteiger charge is -2.17. The lowest BCUT2D eigenvalue weighted by Crippen LogP contribution is -2.35. The van der Waals surface area contributed by atoms with Gasteiger partial charge in [-0.2, -0.15) is 0 Å². The molecule has 0 radical (unpaired) electrons. The van der Waals surface area contributed by atoms with Crippen LogP contribution in [-0.2, 0) is 11.3 Å². The van der Waals surface area contributed by atoms with Crippen molar-refractivity contribution >= 4 is 5.91 Å². The number of hydrogen-bond donors (Lipinski definition) is 1. The van der Waals surface area contributed by atoms with E-state index >= 15 is 0 Å². The number of amides is 1. The molecule has 0 aliphatic rings. The molecular weight excluding hydrogens is 247 g/mol. The topological polar surface area (TPSA) is 41.6 Å². The minimum Gasteiger partial charge on any atom is -0.494 e. The molecule has 0 fully saturated rings. The second kappa shape index (κ2) is 7.39. The first-order valence-corrected chi connectivity index (χ1v) is 5.79. The van der Waals surface area contributed by atoms with Crippen LogP contribution >= 0.6 is 0 Å². The van der Waals surface area contributed by atoms with Crippen LogP contribution in [0.25, 0.3) is 0 Å². The fraction of sp³-hybridized carbons (Fsp3) is 0.357. The van der Waals surface area contributed by atoms with Crippen molar-refractivity contribution in [2.24, 2.45) is 0 Å². The van der Waals surface area contributed by atoms with Gasteiger partial charge in [-0.05, 0) is 17.7 Å². The second-order valence-electron chi connectivity index (χ2n) is 4.03. The molecule has 0 heterocycles. The van der Waals surface area contributed by atoms with Gasteiger partial charge in [0.1, 0.15) is 0 Å². The normalized spacial score (nSPS) is 9.79. The quantitative estimate of drug-likeness (QED) is 0.616. The molecule has 102 valence electrons. The maximum atomic E-state index is 13.5. The standard InChI is InChI=1S/C14H17FN2O2/c1-4-7-16-9-14(18)17(2)10-11-5-6-13(19-3)12(15)8-11/h1,5-6,8,16H,7,9-10H2,2-3H3. The molecule has 0 spiro atoms. The molecule has 0 bridgehead atoms. The summed E-state index contributed by atoms with van der Waals surface area (Å²) in [5, 5.41) is 2.81. The van der Waals surface area contributed by atoms with Crippen molar-refractivity contribution < 1.29 is 13.9 Å². The predicted octanol–water partition coefficient (Wildman–Crippen LogP) is 1.02. The highest BCUT2D eigenvalue weighted by Gasteiger charge is 2.10. The zero-order valence-corrected chi connectivity index (χ0v) is 11.1. The number of methoxy groups -OCH3 is 1. The van der Waals surface area contributed by atoms with Crippen LogP contribution in [0.15, 0.2) is 18.2 Å². The highest BCUT2D eigenvalue weighted by atomic mass is 19.1. The van der Waals surface area contributed by atoms with E-state index in [0.717, 1.165) is 0 Å². The van der Waals surface area contributed by atoms with Gasteiger partial charge in [0.2, 0.25) is 5.91 Å². The molecule has 1 amide bonds. The first-order valence-electron chi connectivity index (χ1n) is 5.79. The lowest BCUT2D eigenvalue weighted by molar-refractivity contribution is -0.129. The third-order valence-corrected chi connectivity index (χ3v) is 2.56. The Balaban J connectivity index is 2.56. The largest absolute Gasteiger partial charge is 0.494 e. The number of ether oxygens (including phenoxy) is 1. The van der Waals surface area contributed by atoms with Crippen molar-refractivity contribution in [3.05, 3.63) is 29.6 Å². The summed E-state index contributed by atoms with van der Waals surface area (Å²) in [5.41, 5.74) is 0.700. The van der Waals surface area contributed by atoms with Crippen LogP contribution in [0.2, 0.25) is 0 Å². The van der Waals surface area contributed by atoms with Gasteiger partial charge in [-0.15, -0.1) is 6.42 Å². The molecule has 19 heavy (non-hydrogen) atoms. The third-order valence-electron chi connectivity index (χ3n) is 2.56. The first-order chi connectivity index (χ1) is 9.08. The summed E-state index contributed by atoms with van der Waals surface area (Å²) in [6.07, 6.45) is 5.07. The van der Waals surface area contributed by atoms with Crippen molar-refractivity contribution in [2.45, 2.75) is 6.54 Å². The summed E-state index contributed by atoms with van der Waals surface area (Å²) in [7, 11) is 3.06. The van der Waals surface area contributed by atoms with Crippen LogP contribution in [0.5, 0.6) is 5.75 Å². The zero-order chi connectivity index (χ0) is 14.3. The van der Waals surface area contributed by atoms with Gasteiger partial charge in [0, 0.05) is 13.6 Å². The van der Waals surface area contributed by atoms with E-state index in [4.69, 9.17) is 11.2 Å². The number of halogens is 1. The molecule has 1 aromatic rings. The molecule has 1 N–H and O–H groups in total. The van der Waals surface area contributed by atoms with Crippen molar-refractivity contribution in [2.75, 3.05) is 27.2 Å². The number of likely N-dealkylation sites (N-methyl/N-ethyl adjacent to an activating group) is 1. The molecule has 0 aromatic heterocycles. The van der Waals surface area contributed by atoms with E-state index in [1.165, 1.54) is 18.1 Å². The minimum atomic E-state index is -0.439.